The molecule has 0 spiro atoms. The Hall–Kier alpha value is -1.36. The fraction of sp³-hybridized carbons (Fsp3) is 0.667. The number of nitrogens with one attached hydrogen (secondary N) is 1. The molecule has 1 atom stereocenters. The Morgan fingerprint density at radius 3 is 3.18 bits per heavy atom. The molecular formula is C12H20N4O. The normalized spacial score (nSPS) is 19.3. The Kier molecular flexibility index (Phi) is 4.14. The summed E-state index contributed by atoms with van der Waals surface area (Å²) in [4.78, 5) is 10.9. The van der Waals surface area contributed by atoms with E-state index in [0.717, 1.165) is 38.4 Å². The van der Waals surface area contributed by atoms with Crippen molar-refractivity contribution >= 4 is 11.8 Å². The molecule has 1 N–H and O–H groups in total. The van der Waals surface area contributed by atoms with Gasteiger partial charge in [-0.25, -0.2) is 4.98 Å². The highest BCUT2D eigenvalue weighted by Gasteiger charge is 2.21. The third-order valence-electron chi connectivity index (χ3n) is 2.99. The van der Waals surface area contributed by atoms with Gasteiger partial charge in [0.05, 0.1) is 12.6 Å². The molecule has 0 aromatic carbocycles. The van der Waals surface area contributed by atoms with Crippen molar-refractivity contribution in [3.8, 4) is 0 Å². The topological polar surface area (TPSA) is 50.3 Å². The van der Waals surface area contributed by atoms with Crippen LogP contribution < -0.4 is 10.2 Å². The van der Waals surface area contributed by atoms with Crippen molar-refractivity contribution in [3.63, 3.8) is 0 Å². The molecular weight excluding hydrogens is 216 g/mol. The number of nitrogens with zero attached hydrogens (tertiary/aromatic N) is 3. The predicted molar refractivity (Wildman–Crippen MR) is 68.4 cm³/mol. The highest BCUT2D eigenvalue weighted by atomic mass is 16.5. The molecule has 1 aliphatic rings. The SMILES string of the molecule is CCCNc1nccc(N(C)C2CCOC2)n1. The van der Waals surface area contributed by atoms with E-state index in [1.807, 2.05) is 6.07 Å². The predicted octanol–water partition coefficient (Wildman–Crippen LogP) is 1.52. The average Bonchev–Trinajstić information content (AvgIpc) is 2.89. The molecule has 0 aliphatic carbocycles. The summed E-state index contributed by atoms with van der Waals surface area (Å²) in [6.07, 6.45) is 3.94. The smallest absolute Gasteiger partial charge is 0.224 e. The standard InChI is InChI=1S/C12H20N4O/c1-3-6-13-12-14-7-4-11(15-12)16(2)10-5-8-17-9-10/h4,7,10H,3,5-6,8-9H2,1-2H3,(H,13,14,15). The molecule has 2 rings (SSSR count). The summed E-state index contributed by atoms with van der Waals surface area (Å²) in [7, 11) is 2.06. The molecule has 1 saturated heterocycles. The number of likely N-dealkylation sites (N-methyl/N-ethyl adjacent to an activating group) is 1. The van der Waals surface area contributed by atoms with Crippen molar-refractivity contribution in [1.29, 1.82) is 0 Å². The van der Waals surface area contributed by atoms with Crippen LogP contribution in [0.25, 0.3) is 0 Å². The molecule has 2 heterocycles. The third-order valence-corrected chi connectivity index (χ3v) is 2.99. The van der Waals surface area contributed by atoms with E-state index in [4.69, 9.17) is 4.74 Å². The van der Waals surface area contributed by atoms with E-state index in [2.05, 4.69) is 34.2 Å². The van der Waals surface area contributed by atoms with Crippen molar-refractivity contribution in [2.75, 3.05) is 37.0 Å². The Morgan fingerprint density at radius 2 is 2.47 bits per heavy atom. The molecule has 1 aromatic heterocycles. The number of anilines is 2. The van der Waals surface area contributed by atoms with Crippen molar-refractivity contribution < 1.29 is 4.74 Å². The van der Waals surface area contributed by atoms with Crippen LogP contribution in [-0.4, -0.2) is 42.8 Å². The van der Waals surface area contributed by atoms with Gasteiger partial charge in [0.1, 0.15) is 5.82 Å². The summed E-state index contributed by atoms with van der Waals surface area (Å²) in [6.45, 7) is 4.66. The molecule has 17 heavy (non-hydrogen) atoms. The average molecular weight is 236 g/mol. The quantitative estimate of drug-likeness (QED) is 0.840. The Balaban J connectivity index is 2.03. The number of aromatic nitrogens is 2. The molecule has 0 amide bonds. The van der Waals surface area contributed by atoms with Gasteiger partial charge in [-0.3, -0.25) is 0 Å². The number of hydrogen-bond donors (Lipinski definition) is 1. The fourth-order valence-corrected chi connectivity index (χ4v) is 1.88. The molecule has 1 aromatic rings. The summed E-state index contributed by atoms with van der Waals surface area (Å²) in [5.41, 5.74) is 0. The van der Waals surface area contributed by atoms with Gasteiger partial charge in [0.25, 0.3) is 0 Å². The largest absolute Gasteiger partial charge is 0.379 e. The van der Waals surface area contributed by atoms with Crippen LogP contribution in [-0.2, 0) is 4.74 Å². The molecule has 94 valence electrons. The summed E-state index contributed by atoms with van der Waals surface area (Å²) in [5.74, 6) is 1.66. The van der Waals surface area contributed by atoms with Gasteiger partial charge in [-0.05, 0) is 18.9 Å². The van der Waals surface area contributed by atoms with Crippen LogP contribution in [0.5, 0.6) is 0 Å². The van der Waals surface area contributed by atoms with Crippen LogP contribution in [0.2, 0.25) is 0 Å². The molecule has 1 fully saturated rings. The minimum atomic E-state index is 0.434. The Labute approximate surface area is 102 Å². The van der Waals surface area contributed by atoms with Crippen molar-refractivity contribution in [2.45, 2.75) is 25.8 Å². The molecule has 5 heteroatoms. The fourth-order valence-electron chi connectivity index (χ4n) is 1.88. The minimum absolute atomic E-state index is 0.434. The second-order valence-electron chi connectivity index (χ2n) is 4.29. The van der Waals surface area contributed by atoms with E-state index < -0.39 is 0 Å². The van der Waals surface area contributed by atoms with Crippen molar-refractivity contribution in [1.82, 2.24) is 9.97 Å². The highest BCUT2D eigenvalue weighted by molar-refractivity contribution is 5.42. The van der Waals surface area contributed by atoms with Crippen LogP contribution in [0, 0.1) is 0 Å². The molecule has 5 nitrogen and oxygen atoms in total. The number of hydrogen-bond acceptors (Lipinski definition) is 5. The van der Waals surface area contributed by atoms with Gasteiger partial charge >= 0.3 is 0 Å². The van der Waals surface area contributed by atoms with E-state index in [1.165, 1.54) is 0 Å². The van der Waals surface area contributed by atoms with E-state index in [0.29, 0.717) is 12.0 Å². The maximum absolute atomic E-state index is 5.39. The second kappa shape index (κ2) is 5.82. The van der Waals surface area contributed by atoms with Crippen LogP contribution in [0.15, 0.2) is 12.3 Å². The first-order valence-electron chi connectivity index (χ1n) is 6.18. The van der Waals surface area contributed by atoms with E-state index in [9.17, 15) is 0 Å². The zero-order valence-electron chi connectivity index (χ0n) is 10.5. The lowest BCUT2D eigenvalue weighted by molar-refractivity contribution is 0.193. The summed E-state index contributed by atoms with van der Waals surface area (Å²) in [6, 6.07) is 2.37. The van der Waals surface area contributed by atoms with E-state index >= 15 is 0 Å². The van der Waals surface area contributed by atoms with Crippen LogP contribution in [0.4, 0.5) is 11.8 Å². The summed E-state index contributed by atoms with van der Waals surface area (Å²) < 4.78 is 5.39. The lowest BCUT2D eigenvalue weighted by atomic mass is 10.2. The summed E-state index contributed by atoms with van der Waals surface area (Å²) in [5, 5.41) is 3.20. The lowest BCUT2D eigenvalue weighted by Crippen LogP contribution is -2.32. The molecule has 0 saturated carbocycles. The van der Waals surface area contributed by atoms with Gasteiger partial charge in [0.2, 0.25) is 5.95 Å². The third kappa shape index (κ3) is 3.06. The minimum Gasteiger partial charge on any atom is -0.379 e. The van der Waals surface area contributed by atoms with Gasteiger partial charge in [0.15, 0.2) is 0 Å². The first-order chi connectivity index (χ1) is 8.31. The Morgan fingerprint density at radius 1 is 1.59 bits per heavy atom. The highest BCUT2D eigenvalue weighted by Crippen LogP contribution is 2.18. The van der Waals surface area contributed by atoms with Gasteiger partial charge in [0, 0.05) is 26.4 Å². The van der Waals surface area contributed by atoms with Gasteiger partial charge < -0.3 is 15.0 Å². The second-order valence-corrected chi connectivity index (χ2v) is 4.29. The first-order valence-corrected chi connectivity index (χ1v) is 6.18. The zero-order chi connectivity index (χ0) is 12.1. The van der Waals surface area contributed by atoms with Gasteiger partial charge in [-0.15, -0.1) is 0 Å². The maximum atomic E-state index is 5.39. The van der Waals surface area contributed by atoms with Crippen molar-refractivity contribution in [2.24, 2.45) is 0 Å². The van der Waals surface area contributed by atoms with E-state index in [1.54, 1.807) is 6.20 Å². The van der Waals surface area contributed by atoms with Crippen LogP contribution in [0.3, 0.4) is 0 Å². The van der Waals surface area contributed by atoms with Crippen LogP contribution in [0.1, 0.15) is 19.8 Å². The zero-order valence-corrected chi connectivity index (χ0v) is 10.5. The number of ether oxygens (including phenoxy) is 1. The van der Waals surface area contributed by atoms with E-state index in [-0.39, 0.29) is 0 Å². The molecule has 0 radical (unpaired) electrons. The number of rotatable bonds is 5. The van der Waals surface area contributed by atoms with Gasteiger partial charge in [-0.2, -0.15) is 4.98 Å². The Bertz CT molecular complexity index is 352. The van der Waals surface area contributed by atoms with Gasteiger partial charge in [-0.1, -0.05) is 6.92 Å². The summed E-state index contributed by atoms with van der Waals surface area (Å²) >= 11 is 0. The van der Waals surface area contributed by atoms with Crippen molar-refractivity contribution in [3.05, 3.63) is 12.3 Å². The molecule has 0 bridgehead atoms. The molecule has 1 aliphatic heterocycles. The monoisotopic (exact) mass is 236 g/mol. The lowest BCUT2D eigenvalue weighted by Gasteiger charge is -2.24. The maximum Gasteiger partial charge on any atom is 0.224 e. The van der Waals surface area contributed by atoms with Crippen LogP contribution >= 0.6 is 0 Å². The molecule has 1 unspecified atom stereocenters. The first kappa shape index (κ1) is 12.1.